The van der Waals surface area contributed by atoms with Gasteiger partial charge in [-0.25, -0.2) is 4.79 Å². The largest absolute Gasteiger partial charge is 0.448 e. The third kappa shape index (κ3) is 3.85. The van der Waals surface area contributed by atoms with Crippen LogP contribution in [0.4, 0.5) is 18.0 Å². The second kappa shape index (κ2) is 7.61. The van der Waals surface area contributed by atoms with Crippen LogP contribution < -0.4 is 0 Å². The van der Waals surface area contributed by atoms with E-state index < -0.39 is 23.9 Å². The molecule has 0 N–H and O–H groups in total. The molecule has 1 fully saturated rings. The average molecular weight is 392 g/mol. The van der Waals surface area contributed by atoms with Crippen LogP contribution in [0.1, 0.15) is 41.0 Å². The third-order valence-corrected chi connectivity index (χ3v) is 4.89. The predicted molar refractivity (Wildman–Crippen MR) is 96.5 cm³/mol. The van der Waals surface area contributed by atoms with Crippen LogP contribution in [0.3, 0.4) is 0 Å². The van der Waals surface area contributed by atoms with Crippen molar-refractivity contribution in [1.82, 2.24) is 5.01 Å². The Labute approximate surface area is 160 Å². The SMILES string of the molecule is CCOC(=O)N(N=O)C1[C@@H](c2ccc(C)cc2)[C@@H]1c1ccc(C(F)(F)F)cc1. The van der Waals surface area contributed by atoms with Crippen molar-refractivity contribution in [3.8, 4) is 0 Å². The summed E-state index contributed by atoms with van der Waals surface area (Å²) >= 11 is 0. The van der Waals surface area contributed by atoms with Gasteiger partial charge in [0.2, 0.25) is 0 Å². The zero-order valence-corrected chi connectivity index (χ0v) is 15.3. The molecule has 0 saturated heterocycles. The normalized spacial score (nSPS) is 21.1. The lowest BCUT2D eigenvalue weighted by Gasteiger charge is -2.13. The first kappa shape index (κ1) is 19.9. The molecule has 1 aliphatic rings. The van der Waals surface area contributed by atoms with Gasteiger partial charge in [-0.05, 0) is 37.1 Å². The molecule has 5 nitrogen and oxygen atoms in total. The van der Waals surface area contributed by atoms with Gasteiger partial charge < -0.3 is 4.74 Å². The highest BCUT2D eigenvalue weighted by Crippen LogP contribution is 2.58. The summed E-state index contributed by atoms with van der Waals surface area (Å²) in [5.74, 6) is -0.619. The van der Waals surface area contributed by atoms with Gasteiger partial charge >= 0.3 is 12.3 Å². The number of rotatable bonds is 5. The van der Waals surface area contributed by atoms with Crippen LogP contribution in [0.25, 0.3) is 0 Å². The Kier molecular flexibility index (Phi) is 5.40. The van der Waals surface area contributed by atoms with Gasteiger partial charge in [0.1, 0.15) is 0 Å². The smallest absolute Gasteiger partial charge is 0.433 e. The van der Waals surface area contributed by atoms with Gasteiger partial charge in [-0.15, -0.1) is 4.91 Å². The summed E-state index contributed by atoms with van der Waals surface area (Å²) in [6.45, 7) is 3.62. The Hall–Kier alpha value is -2.90. The number of carbonyl (C=O) groups excluding carboxylic acids is 1. The second-order valence-electron chi connectivity index (χ2n) is 6.70. The van der Waals surface area contributed by atoms with Gasteiger partial charge in [-0.2, -0.15) is 18.2 Å². The number of nitrogens with zero attached hydrogens (tertiary/aromatic N) is 2. The van der Waals surface area contributed by atoms with E-state index in [4.69, 9.17) is 4.74 Å². The van der Waals surface area contributed by atoms with Crippen molar-refractivity contribution in [2.45, 2.75) is 37.9 Å². The molecule has 1 amide bonds. The summed E-state index contributed by atoms with van der Waals surface area (Å²) in [5, 5.41) is 3.57. The van der Waals surface area contributed by atoms with Crippen LogP contribution >= 0.6 is 0 Å². The van der Waals surface area contributed by atoms with E-state index in [-0.39, 0.29) is 18.4 Å². The molecule has 148 valence electrons. The fraction of sp³-hybridized carbons (Fsp3) is 0.350. The first-order valence-electron chi connectivity index (χ1n) is 8.81. The van der Waals surface area contributed by atoms with Gasteiger partial charge in [0.15, 0.2) is 0 Å². The summed E-state index contributed by atoms with van der Waals surface area (Å²) in [5.41, 5.74) is 1.76. The van der Waals surface area contributed by atoms with Crippen molar-refractivity contribution in [3.05, 3.63) is 75.7 Å². The molecule has 0 radical (unpaired) electrons. The summed E-state index contributed by atoms with van der Waals surface area (Å²) in [6, 6.07) is 11.7. The number of halogens is 3. The maximum absolute atomic E-state index is 12.8. The summed E-state index contributed by atoms with van der Waals surface area (Å²) in [6.07, 6.45) is -5.30. The van der Waals surface area contributed by atoms with E-state index in [0.29, 0.717) is 5.56 Å². The molecule has 3 atom stereocenters. The second-order valence-corrected chi connectivity index (χ2v) is 6.70. The van der Waals surface area contributed by atoms with Gasteiger partial charge in [0.05, 0.1) is 23.5 Å². The Morgan fingerprint density at radius 1 is 1.04 bits per heavy atom. The lowest BCUT2D eigenvalue weighted by molar-refractivity contribution is -0.137. The molecule has 3 rings (SSSR count). The van der Waals surface area contributed by atoms with Crippen LogP contribution in [-0.2, 0) is 10.9 Å². The molecule has 0 spiro atoms. The standard InChI is InChI=1S/C20H19F3N2O3/c1-3-28-19(26)25(24-27)18-16(13-6-4-12(2)5-7-13)17(18)14-8-10-15(11-9-14)20(21,22)23/h4-11,16-18H,3H2,1-2H3/t16-,17-,18?/m0/s1. The monoisotopic (exact) mass is 392 g/mol. The number of nitroso groups, excluding NO2 is 1. The van der Waals surface area contributed by atoms with Crippen molar-refractivity contribution in [1.29, 1.82) is 0 Å². The first-order valence-corrected chi connectivity index (χ1v) is 8.81. The van der Waals surface area contributed by atoms with Crippen LogP contribution in [0.5, 0.6) is 0 Å². The number of alkyl halides is 3. The maximum Gasteiger partial charge on any atom is 0.433 e. The summed E-state index contributed by atoms with van der Waals surface area (Å²) in [7, 11) is 0. The lowest BCUT2D eigenvalue weighted by atomic mass is 10.0. The van der Waals surface area contributed by atoms with E-state index in [9.17, 15) is 22.9 Å². The highest BCUT2D eigenvalue weighted by atomic mass is 19.4. The maximum atomic E-state index is 12.8. The number of ether oxygens (including phenoxy) is 1. The van der Waals surface area contributed by atoms with E-state index in [1.807, 2.05) is 31.2 Å². The zero-order chi connectivity index (χ0) is 20.5. The summed E-state index contributed by atoms with van der Waals surface area (Å²) in [4.78, 5) is 23.4. The quantitative estimate of drug-likeness (QED) is 0.505. The number of hydrogen-bond donors (Lipinski definition) is 0. The van der Waals surface area contributed by atoms with Crippen LogP contribution in [0.15, 0.2) is 53.8 Å². The number of carbonyl (C=O) groups is 1. The van der Waals surface area contributed by atoms with Crippen molar-refractivity contribution >= 4 is 6.09 Å². The first-order chi connectivity index (χ1) is 13.3. The Morgan fingerprint density at radius 3 is 1.96 bits per heavy atom. The highest BCUT2D eigenvalue weighted by Gasteiger charge is 2.58. The molecule has 0 aromatic heterocycles. The molecule has 1 unspecified atom stereocenters. The summed E-state index contributed by atoms with van der Waals surface area (Å²) < 4.78 is 43.4. The topological polar surface area (TPSA) is 59.0 Å². The van der Waals surface area contributed by atoms with E-state index in [2.05, 4.69) is 5.29 Å². The van der Waals surface area contributed by atoms with Crippen molar-refractivity contribution < 1.29 is 22.7 Å². The van der Waals surface area contributed by atoms with Crippen molar-refractivity contribution in [3.63, 3.8) is 0 Å². The van der Waals surface area contributed by atoms with E-state index in [1.54, 1.807) is 6.92 Å². The molecule has 1 saturated carbocycles. The molecule has 0 heterocycles. The molecule has 2 aromatic carbocycles. The Balaban J connectivity index is 1.94. The Morgan fingerprint density at radius 2 is 1.54 bits per heavy atom. The van der Waals surface area contributed by atoms with Gasteiger partial charge in [0, 0.05) is 11.8 Å². The molecular weight excluding hydrogens is 373 g/mol. The average Bonchev–Trinajstić information content (AvgIpc) is 3.37. The number of benzene rings is 2. The van der Waals surface area contributed by atoms with Crippen LogP contribution in [0.2, 0.25) is 0 Å². The van der Waals surface area contributed by atoms with Gasteiger partial charge in [-0.1, -0.05) is 42.0 Å². The van der Waals surface area contributed by atoms with Gasteiger partial charge in [0.25, 0.3) is 0 Å². The molecule has 28 heavy (non-hydrogen) atoms. The fourth-order valence-electron chi connectivity index (χ4n) is 3.49. The molecule has 1 aliphatic carbocycles. The third-order valence-electron chi connectivity index (χ3n) is 4.89. The van der Waals surface area contributed by atoms with Gasteiger partial charge in [-0.3, -0.25) is 0 Å². The Bertz CT molecular complexity index is 850. The predicted octanol–water partition coefficient (Wildman–Crippen LogP) is 5.40. The van der Waals surface area contributed by atoms with Crippen molar-refractivity contribution in [2.24, 2.45) is 5.29 Å². The van der Waals surface area contributed by atoms with E-state index in [1.165, 1.54) is 12.1 Å². The minimum Gasteiger partial charge on any atom is -0.448 e. The molecular formula is C20H19F3N2O3. The van der Waals surface area contributed by atoms with E-state index in [0.717, 1.165) is 28.3 Å². The lowest BCUT2D eigenvalue weighted by Crippen LogP contribution is -2.29. The molecule has 2 aromatic rings. The zero-order valence-electron chi connectivity index (χ0n) is 15.3. The number of amides is 1. The fourth-order valence-corrected chi connectivity index (χ4v) is 3.49. The molecule has 0 bridgehead atoms. The minimum atomic E-state index is -4.43. The number of aryl methyl sites for hydroxylation is 1. The van der Waals surface area contributed by atoms with E-state index >= 15 is 0 Å². The minimum absolute atomic E-state index is 0.0811. The van der Waals surface area contributed by atoms with Crippen LogP contribution in [-0.4, -0.2) is 23.8 Å². The highest BCUT2D eigenvalue weighted by molar-refractivity contribution is 5.69. The molecule has 0 aliphatic heterocycles. The molecule has 8 heteroatoms. The van der Waals surface area contributed by atoms with Crippen LogP contribution in [0, 0.1) is 11.8 Å². The number of hydrogen-bond acceptors (Lipinski definition) is 4. The van der Waals surface area contributed by atoms with Crippen molar-refractivity contribution in [2.75, 3.05) is 6.61 Å².